The molecule has 1 aromatic carbocycles. The van der Waals surface area contributed by atoms with Crippen LogP contribution in [0.5, 0.6) is 0 Å². The van der Waals surface area contributed by atoms with Crippen LogP contribution in [0.25, 0.3) is 10.9 Å². The van der Waals surface area contributed by atoms with Crippen LogP contribution in [0, 0.1) is 0 Å². The van der Waals surface area contributed by atoms with E-state index >= 15 is 0 Å². The first kappa shape index (κ1) is 16.6. The van der Waals surface area contributed by atoms with E-state index in [1.54, 1.807) is 6.20 Å². The van der Waals surface area contributed by atoms with Crippen molar-refractivity contribution in [1.29, 1.82) is 0 Å². The van der Waals surface area contributed by atoms with Crippen molar-refractivity contribution in [3.63, 3.8) is 0 Å². The Morgan fingerprint density at radius 2 is 2.00 bits per heavy atom. The smallest absolute Gasteiger partial charge is 0.291 e. The van der Waals surface area contributed by atoms with Crippen molar-refractivity contribution in [3.8, 4) is 0 Å². The molecule has 24 heavy (non-hydrogen) atoms. The minimum Gasteiger partial charge on any atom is -0.396 e. The molecule has 0 radical (unpaired) electrons. The van der Waals surface area contributed by atoms with Crippen molar-refractivity contribution in [2.45, 2.75) is 0 Å². The van der Waals surface area contributed by atoms with E-state index in [2.05, 4.69) is 20.5 Å². The molecule has 3 rings (SSSR count). The summed E-state index contributed by atoms with van der Waals surface area (Å²) in [4.78, 5) is 19.1. The van der Waals surface area contributed by atoms with Gasteiger partial charge < -0.3 is 10.7 Å². The first-order valence-corrected chi connectivity index (χ1v) is 7.82. The molecule has 4 N–H and O–H groups in total. The molecule has 0 aliphatic carbocycles. The lowest BCUT2D eigenvalue weighted by Crippen LogP contribution is -2.20. The number of hydrazone groups is 1. The number of halogens is 3. The standard InChI is InChI=1S/C15H10Cl3N5O/c16-10-12(19)11(17)14(18)22-13(10)15(24)23-21-6-7-5-20-9-4-2-1-3-8(7)9/h1-6,20H,(H2,19,22)(H,23,24)/b21-6+. The molecule has 0 aliphatic rings. The topological polar surface area (TPSA) is 96.2 Å². The van der Waals surface area contributed by atoms with Crippen molar-refractivity contribution in [1.82, 2.24) is 15.4 Å². The number of rotatable bonds is 3. The predicted octanol–water partition coefficient (Wildman–Crippen LogP) is 3.87. The van der Waals surface area contributed by atoms with Crippen LogP contribution < -0.4 is 11.2 Å². The number of nitrogens with zero attached hydrogens (tertiary/aromatic N) is 2. The summed E-state index contributed by atoms with van der Waals surface area (Å²) in [5, 5.41) is 4.69. The Balaban J connectivity index is 1.81. The predicted molar refractivity (Wildman–Crippen MR) is 97.0 cm³/mol. The lowest BCUT2D eigenvalue weighted by Gasteiger charge is -2.07. The molecule has 0 atom stereocenters. The molecule has 2 heterocycles. The second-order valence-electron chi connectivity index (χ2n) is 4.78. The molecule has 0 saturated carbocycles. The summed E-state index contributed by atoms with van der Waals surface area (Å²) in [7, 11) is 0. The number of fused-ring (bicyclic) bond motifs is 1. The Kier molecular flexibility index (Phi) is 4.62. The largest absolute Gasteiger partial charge is 0.396 e. The summed E-state index contributed by atoms with van der Waals surface area (Å²) in [5.41, 5.74) is 9.63. The highest BCUT2D eigenvalue weighted by molar-refractivity contribution is 6.46. The zero-order valence-electron chi connectivity index (χ0n) is 12.0. The van der Waals surface area contributed by atoms with Gasteiger partial charge in [0.25, 0.3) is 5.91 Å². The van der Waals surface area contributed by atoms with Gasteiger partial charge >= 0.3 is 0 Å². The number of H-pyrrole nitrogens is 1. The second kappa shape index (κ2) is 6.68. The van der Waals surface area contributed by atoms with Crippen LogP contribution in [-0.2, 0) is 0 Å². The van der Waals surface area contributed by atoms with Gasteiger partial charge in [-0.2, -0.15) is 5.10 Å². The van der Waals surface area contributed by atoms with Gasteiger partial charge in [0.15, 0.2) is 10.8 Å². The maximum absolute atomic E-state index is 12.1. The zero-order valence-corrected chi connectivity index (χ0v) is 14.2. The van der Waals surface area contributed by atoms with Crippen LogP contribution in [-0.4, -0.2) is 22.1 Å². The number of hydrogen-bond donors (Lipinski definition) is 3. The third-order valence-corrected chi connectivity index (χ3v) is 4.41. The Bertz CT molecular complexity index is 967. The van der Waals surface area contributed by atoms with Crippen molar-refractivity contribution >= 4 is 63.5 Å². The number of nitrogen functional groups attached to an aromatic ring is 1. The molecular formula is C15H10Cl3N5O. The van der Waals surface area contributed by atoms with Crippen molar-refractivity contribution < 1.29 is 4.79 Å². The van der Waals surface area contributed by atoms with E-state index in [1.807, 2.05) is 24.3 Å². The van der Waals surface area contributed by atoms with E-state index < -0.39 is 5.91 Å². The van der Waals surface area contributed by atoms with Crippen LogP contribution >= 0.6 is 34.8 Å². The highest BCUT2D eigenvalue weighted by Gasteiger charge is 2.19. The van der Waals surface area contributed by atoms with Gasteiger partial charge in [0.1, 0.15) is 5.02 Å². The number of nitrogens with one attached hydrogen (secondary N) is 2. The highest BCUT2D eigenvalue weighted by Crippen LogP contribution is 2.34. The first-order chi connectivity index (χ1) is 11.5. The third-order valence-electron chi connectivity index (χ3n) is 3.28. The van der Waals surface area contributed by atoms with Crippen molar-refractivity contribution in [2.24, 2.45) is 5.10 Å². The average Bonchev–Trinajstić information content (AvgIpc) is 2.99. The number of benzene rings is 1. The number of anilines is 1. The fourth-order valence-corrected chi connectivity index (χ4v) is 2.69. The molecule has 1 amide bonds. The van der Waals surface area contributed by atoms with Crippen LogP contribution in [0.3, 0.4) is 0 Å². The molecule has 6 nitrogen and oxygen atoms in total. The number of pyridine rings is 1. The number of amides is 1. The van der Waals surface area contributed by atoms with Gasteiger partial charge in [-0.05, 0) is 6.07 Å². The molecule has 0 fully saturated rings. The summed E-state index contributed by atoms with van der Waals surface area (Å²) < 4.78 is 0. The molecule has 9 heteroatoms. The molecule has 0 unspecified atom stereocenters. The fraction of sp³-hybridized carbons (Fsp3) is 0. The number of para-hydroxylation sites is 1. The van der Waals surface area contributed by atoms with Crippen LogP contribution in [0.15, 0.2) is 35.6 Å². The number of carbonyl (C=O) groups is 1. The molecule has 0 saturated heterocycles. The average molecular weight is 383 g/mol. The van der Waals surface area contributed by atoms with E-state index in [1.165, 1.54) is 6.21 Å². The van der Waals surface area contributed by atoms with E-state index in [0.29, 0.717) is 0 Å². The second-order valence-corrected chi connectivity index (χ2v) is 5.90. The van der Waals surface area contributed by atoms with Crippen LogP contribution in [0.2, 0.25) is 15.2 Å². The monoisotopic (exact) mass is 381 g/mol. The van der Waals surface area contributed by atoms with Gasteiger partial charge in [0, 0.05) is 22.7 Å². The minimum absolute atomic E-state index is 0.000473. The normalized spacial score (nSPS) is 11.3. The summed E-state index contributed by atoms with van der Waals surface area (Å²) in [6, 6.07) is 7.71. The number of aromatic nitrogens is 2. The van der Waals surface area contributed by atoms with Crippen molar-refractivity contribution in [3.05, 3.63) is 56.9 Å². The quantitative estimate of drug-likeness (QED) is 0.364. The molecule has 2 aromatic heterocycles. The molecule has 122 valence electrons. The zero-order chi connectivity index (χ0) is 17.3. The molecule has 0 bridgehead atoms. The number of carbonyl (C=O) groups excluding carboxylic acids is 1. The number of nitrogens with two attached hydrogens (primary N) is 1. The minimum atomic E-state index is -0.652. The Hall–Kier alpha value is -2.28. The van der Waals surface area contributed by atoms with Gasteiger partial charge in [-0.15, -0.1) is 0 Å². The summed E-state index contributed by atoms with van der Waals surface area (Å²) in [6.07, 6.45) is 3.29. The Morgan fingerprint density at radius 3 is 2.79 bits per heavy atom. The molecule has 0 aliphatic heterocycles. The van der Waals surface area contributed by atoms with E-state index in [-0.39, 0.29) is 26.6 Å². The number of aromatic amines is 1. The summed E-state index contributed by atoms with van der Waals surface area (Å²) >= 11 is 17.6. The van der Waals surface area contributed by atoms with Gasteiger partial charge in [0.05, 0.1) is 16.9 Å². The van der Waals surface area contributed by atoms with Gasteiger partial charge in [-0.1, -0.05) is 53.0 Å². The van der Waals surface area contributed by atoms with Crippen LogP contribution in [0.1, 0.15) is 16.1 Å². The van der Waals surface area contributed by atoms with E-state index in [9.17, 15) is 4.79 Å². The van der Waals surface area contributed by atoms with E-state index in [4.69, 9.17) is 40.5 Å². The van der Waals surface area contributed by atoms with Crippen molar-refractivity contribution in [2.75, 3.05) is 5.73 Å². The molecule has 0 spiro atoms. The maximum atomic E-state index is 12.1. The highest BCUT2D eigenvalue weighted by atomic mass is 35.5. The fourth-order valence-electron chi connectivity index (χ4n) is 2.10. The summed E-state index contributed by atoms with van der Waals surface area (Å²) in [5.74, 6) is -0.652. The lowest BCUT2D eigenvalue weighted by molar-refractivity contribution is 0.0950. The first-order valence-electron chi connectivity index (χ1n) is 6.68. The van der Waals surface area contributed by atoms with E-state index in [0.717, 1.165) is 16.5 Å². The maximum Gasteiger partial charge on any atom is 0.291 e. The van der Waals surface area contributed by atoms with Gasteiger partial charge in [0.2, 0.25) is 0 Å². The molecular weight excluding hydrogens is 373 g/mol. The summed E-state index contributed by atoms with van der Waals surface area (Å²) in [6.45, 7) is 0. The number of hydrogen-bond acceptors (Lipinski definition) is 4. The lowest BCUT2D eigenvalue weighted by atomic mass is 10.2. The third kappa shape index (κ3) is 3.03. The van der Waals surface area contributed by atoms with Gasteiger partial charge in [-0.3, -0.25) is 4.79 Å². The van der Waals surface area contributed by atoms with Gasteiger partial charge in [-0.25, -0.2) is 10.4 Å². The Labute approximate surface area is 151 Å². The SMILES string of the molecule is Nc1c(Cl)c(Cl)nc(C(=O)N/N=C/c2c[nH]c3ccccc23)c1Cl. The van der Waals surface area contributed by atoms with Crippen LogP contribution in [0.4, 0.5) is 5.69 Å². The molecule has 3 aromatic rings. The Morgan fingerprint density at radius 1 is 1.25 bits per heavy atom.